The largest absolute Gasteiger partial charge is 0.414 e. The Labute approximate surface area is 154 Å². The van der Waals surface area contributed by atoms with Crippen LogP contribution in [0.2, 0.25) is 0 Å². The first-order valence-corrected chi connectivity index (χ1v) is 9.71. The van der Waals surface area contributed by atoms with Crippen LogP contribution >= 0.6 is 0 Å². The molecular weight excluding hydrogens is 347 g/mol. The van der Waals surface area contributed by atoms with E-state index < -0.39 is 18.4 Å². The van der Waals surface area contributed by atoms with Crippen molar-refractivity contribution in [1.82, 2.24) is 5.32 Å². The first-order valence-electron chi connectivity index (χ1n) is 9.71. The topological polar surface area (TPSA) is 47.6 Å². The number of nitrogens with one attached hydrogen (secondary N) is 1. The number of fused-ring (bicyclic) bond motifs is 1. The molecule has 7 heteroatoms. The maximum absolute atomic E-state index is 13.0. The summed E-state index contributed by atoms with van der Waals surface area (Å²) in [6.07, 6.45) is -2.06. The summed E-state index contributed by atoms with van der Waals surface area (Å²) in [5.74, 6) is 0.455. The molecule has 0 radical (unpaired) electrons. The summed E-state index contributed by atoms with van der Waals surface area (Å²) < 4.78 is 50.0. The molecule has 4 nitrogen and oxygen atoms in total. The molecule has 2 rings (SSSR count). The van der Waals surface area contributed by atoms with Crippen LogP contribution in [0.1, 0.15) is 59.3 Å². The number of alkyl halides is 3. The quantitative estimate of drug-likeness (QED) is 0.691. The summed E-state index contributed by atoms with van der Waals surface area (Å²) in [4.78, 5) is 11.7. The van der Waals surface area contributed by atoms with Gasteiger partial charge in [-0.05, 0) is 51.4 Å². The number of rotatable bonds is 8. The molecule has 7 unspecified atom stereocenters. The molecular formula is C19H32F3NO3. The Morgan fingerprint density at radius 1 is 1.27 bits per heavy atom. The second-order valence-electron chi connectivity index (χ2n) is 7.88. The van der Waals surface area contributed by atoms with Crippen LogP contribution in [0.15, 0.2) is 0 Å². The van der Waals surface area contributed by atoms with E-state index in [-0.39, 0.29) is 35.8 Å². The van der Waals surface area contributed by atoms with Gasteiger partial charge < -0.3 is 14.8 Å². The van der Waals surface area contributed by atoms with Gasteiger partial charge in [-0.3, -0.25) is 4.79 Å². The lowest BCUT2D eigenvalue weighted by Gasteiger charge is -2.42. The normalized spacial score (nSPS) is 31.0. The fourth-order valence-electron chi connectivity index (χ4n) is 4.80. The molecule has 7 atom stereocenters. The first kappa shape index (κ1) is 21.5. The fraction of sp³-hybridized carbons (Fsp3) is 0.947. The predicted molar refractivity (Wildman–Crippen MR) is 92.6 cm³/mol. The van der Waals surface area contributed by atoms with Gasteiger partial charge in [-0.15, -0.1) is 0 Å². The zero-order valence-electron chi connectivity index (χ0n) is 16.1. The third-order valence-electron chi connectivity index (χ3n) is 6.09. The maximum Gasteiger partial charge on any atom is 0.414 e. The molecule has 1 saturated heterocycles. The number of ether oxygens (including phenoxy) is 2. The highest BCUT2D eigenvalue weighted by Gasteiger charge is 2.45. The van der Waals surface area contributed by atoms with E-state index in [4.69, 9.17) is 9.47 Å². The zero-order valence-corrected chi connectivity index (χ0v) is 16.1. The molecule has 1 amide bonds. The molecule has 1 heterocycles. The van der Waals surface area contributed by atoms with E-state index >= 15 is 0 Å². The molecule has 0 aromatic rings. The summed E-state index contributed by atoms with van der Waals surface area (Å²) in [7, 11) is 1.62. The van der Waals surface area contributed by atoms with Crippen LogP contribution in [0, 0.1) is 17.8 Å². The van der Waals surface area contributed by atoms with Crippen LogP contribution in [0.3, 0.4) is 0 Å². The highest BCUT2D eigenvalue weighted by atomic mass is 19.4. The van der Waals surface area contributed by atoms with Gasteiger partial charge in [-0.2, -0.15) is 13.2 Å². The third-order valence-corrected chi connectivity index (χ3v) is 6.09. The molecule has 0 bridgehead atoms. The molecule has 2 fully saturated rings. The van der Waals surface area contributed by atoms with Gasteiger partial charge in [0, 0.05) is 25.5 Å². The molecule has 2 aliphatic rings. The van der Waals surface area contributed by atoms with E-state index in [1.54, 1.807) is 14.0 Å². The van der Waals surface area contributed by atoms with Crippen molar-refractivity contribution in [3.05, 3.63) is 0 Å². The van der Waals surface area contributed by atoms with Crippen LogP contribution < -0.4 is 5.32 Å². The number of carbonyl (C=O) groups excluding carboxylic acids is 1. The van der Waals surface area contributed by atoms with Gasteiger partial charge in [-0.25, -0.2) is 0 Å². The zero-order chi connectivity index (χ0) is 19.5. The minimum absolute atomic E-state index is 0.0871. The number of hydrogen-bond acceptors (Lipinski definition) is 3. The van der Waals surface area contributed by atoms with Crippen molar-refractivity contribution in [1.29, 1.82) is 0 Å². The predicted octanol–water partition coefficient (Wildman–Crippen LogP) is 4.08. The smallest absolute Gasteiger partial charge is 0.381 e. The Morgan fingerprint density at radius 2 is 1.96 bits per heavy atom. The van der Waals surface area contributed by atoms with Crippen LogP contribution in [0.5, 0.6) is 0 Å². The molecule has 0 aromatic heterocycles. The number of carbonyl (C=O) groups is 1. The van der Waals surface area contributed by atoms with E-state index in [1.807, 2.05) is 6.92 Å². The number of amides is 1. The molecule has 0 spiro atoms. The van der Waals surface area contributed by atoms with Crippen LogP contribution in [0.25, 0.3) is 0 Å². The second kappa shape index (κ2) is 8.91. The van der Waals surface area contributed by atoms with Gasteiger partial charge >= 0.3 is 6.18 Å². The lowest BCUT2D eigenvalue weighted by molar-refractivity contribution is -0.236. The lowest BCUT2D eigenvalue weighted by Crippen LogP contribution is -2.45. The van der Waals surface area contributed by atoms with E-state index in [0.717, 1.165) is 39.0 Å². The van der Waals surface area contributed by atoms with Crippen molar-refractivity contribution in [2.75, 3.05) is 7.11 Å². The monoisotopic (exact) mass is 379 g/mol. The fourth-order valence-corrected chi connectivity index (χ4v) is 4.80. The highest BCUT2D eigenvalue weighted by molar-refractivity contribution is 5.79. The number of hydrogen-bond donors (Lipinski definition) is 1. The summed E-state index contributed by atoms with van der Waals surface area (Å²) >= 11 is 0. The van der Waals surface area contributed by atoms with Crippen molar-refractivity contribution in [2.24, 2.45) is 17.8 Å². The first-order chi connectivity index (χ1) is 12.2. The Morgan fingerprint density at radius 3 is 2.54 bits per heavy atom. The van der Waals surface area contributed by atoms with Gasteiger partial charge in [-0.1, -0.05) is 13.3 Å². The molecule has 0 aromatic carbocycles. The average molecular weight is 379 g/mol. The minimum Gasteiger partial charge on any atom is -0.381 e. The minimum atomic E-state index is -4.37. The maximum atomic E-state index is 13.0. The third kappa shape index (κ3) is 5.12. The Hall–Kier alpha value is -0.820. The van der Waals surface area contributed by atoms with Gasteiger partial charge in [0.2, 0.25) is 5.91 Å². The Balaban J connectivity index is 2.14. The molecule has 152 valence electrons. The van der Waals surface area contributed by atoms with E-state index in [2.05, 4.69) is 5.32 Å². The Bertz CT molecular complexity index is 471. The van der Waals surface area contributed by atoms with Gasteiger partial charge in [0.1, 0.15) is 0 Å². The SMILES string of the molecule is CCCC(OC)C(C1CCC2NC(=O)CC2C1)C(C)OC(C)C(F)(F)F. The molecule has 1 N–H and O–H groups in total. The Kier molecular flexibility index (Phi) is 7.36. The van der Waals surface area contributed by atoms with Crippen molar-refractivity contribution in [3.8, 4) is 0 Å². The average Bonchev–Trinajstić information content (AvgIpc) is 2.92. The van der Waals surface area contributed by atoms with E-state index in [0.29, 0.717) is 6.42 Å². The van der Waals surface area contributed by atoms with Crippen LogP contribution in [-0.4, -0.2) is 43.5 Å². The van der Waals surface area contributed by atoms with Gasteiger partial charge in [0.05, 0.1) is 12.2 Å². The van der Waals surface area contributed by atoms with Crippen LogP contribution in [-0.2, 0) is 14.3 Å². The molecule has 26 heavy (non-hydrogen) atoms. The summed E-state index contributed by atoms with van der Waals surface area (Å²) in [6, 6.07) is 0.219. The van der Waals surface area contributed by atoms with Gasteiger partial charge in [0.25, 0.3) is 0 Å². The molecule has 1 aliphatic carbocycles. The van der Waals surface area contributed by atoms with E-state index in [9.17, 15) is 18.0 Å². The van der Waals surface area contributed by atoms with Crippen molar-refractivity contribution < 1.29 is 27.4 Å². The number of methoxy groups -OCH3 is 1. The van der Waals surface area contributed by atoms with E-state index in [1.165, 1.54) is 0 Å². The lowest BCUT2D eigenvalue weighted by atomic mass is 9.69. The van der Waals surface area contributed by atoms with Crippen molar-refractivity contribution in [2.45, 2.75) is 89.8 Å². The van der Waals surface area contributed by atoms with Crippen molar-refractivity contribution in [3.63, 3.8) is 0 Å². The standard InChI is InChI=1S/C19H32F3NO3/c1-5-6-16(25-4)18(11(2)26-12(3)19(20,21)22)13-7-8-15-14(9-13)10-17(24)23-15/h11-16,18H,5-10H2,1-4H3,(H,23,24). The van der Waals surface area contributed by atoms with Gasteiger partial charge in [0.15, 0.2) is 6.10 Å². The van der Waals surface area contributed by atoms with Crippen LogP contribution in [0.4, 0.5) is 13.2 Å². The number of halogens is 3. The second-order valence-corrected chi connectivity index (χ2v) is 7.88. The highest BCUT2D eigenvalue weighted by Crippen LogP contribution is 2.42. The summed E-state index contributed by atoms with van der Waals surface area (Å²) in [6.45, 7) is 4.84. The molecule has 1 saturated carbocycles. The molecule has 1 aliphatic heterocycles. The summed E-state index contributed by atoms with van der Waals surface area (Å²) in [5, 5.41) is 3.01. The summed E-state index contributed by atoms with van der Waals surface area (Å²) in [5.41, 5.74) is 0. The van der Waals surface area contributed by atoms with Crippen molar-refractivity contribution >= 4 is 5.91 Å².